The molecule has 0 atom stereocenters. The zero-order valence-corrected chi connectivity index (χ0v) is 18.3. The van der Waals surface area contributed by atoms with E-state index in [2.05, 4.69) is 0 Å². The van der Waals surface area contributed by atoms with Crippen molar-refractivity contribution < 1.29 is 22.7 Å². The van der Waals surface area contributed by atoms with Crippen molar-refractivity contribution in [3.05, 3.63) is 89.9 Å². The summed E-state index contributed by atoms with van der Waals surface area (Å²) in [7, 11) is 0. The summed E-state index contributed by atoms with van der Waals surface area (Å²) in [5, 5.41) is 0.711. The van der Waals surface area contributed by atoms with Crippen LogP contribution in [0.4, 0.5) is 18.0 Å². The van der Waals surface area contributed by atoms with E-state index in [9.17, 15) is 18.0 Å². The van der Waals surface area contributed by atoms with Crippen LogP contribution in [0.25, 0.3) is 22.0 Å². The molecule has 33 heavy (non-hydrogen) atoms. The quantitative estimate of drug-likeness (QED) is 0.330. The zero-order chi connectivity index (χ0) is 23.5. The molecule has 0 radical (unpaired) electrons. The summed E-state index contributed by atoms with van der Waals surface area (Å²) in [5.74, 6) is -1.32. The number of hydrogen-bond donors (Lipinski definition) is 0. The van der Waals surface area contributed by atoms with Gasteiger partial charge in [0.15, 0.2) is 0 Å². The number of aromatic nitrogens is 1. The molecule has 1 heterocycles. The van der Waals surface area contributed by atoms with Crippen molar-refractivity contribution in [3.63, 3.8) is 0 Å². The van der Waals surface area contributed by atoms with E-state index in [1.165, 1.54) is 30.3 Å². The average Bonchev–Trinajstić information content (AvgIpc) is 3.20. The third kappa shape index (κ3) is 4.44. The molecule has 0 saturated heterocycles. The lowest BCUT2D eigenvalue weighted by molar-refractivity contribution is 0.157. The molecule has 0 bridgehead atoms. The standard InChI is InChI=1S/C26H23F3N2O2/c1-3-30(4-2)26(32)33-24-13-12-23-19(25(24)17-8-10-18(27)11-9-17)14-15-31(23)16-20-21(28)6-5-7-22(20)29/h5-15H,3-4,16H2,1-2H3. The summed E-state index contributed by atoms with van der Waals surface area (Å²) in [5.41, 5.74) is 1.90. The highest BCUT2D eigenvalue weighted by Gasteiger charge is 2.20. The first kappa shape index (κ1) is 22.5. The van der Waals surface area contributed by atoms with E-state index >= 15 is 0 Å². The van der Waals surface area contributed by atoms with E-state index in [0.29, 0.717) is 40.9 Å². The molecule has 1 amide bonds. The van der Waals surface area contributed by atoms with Crippen LogP contribution >= 0.6 is 0 Å². The Kier molecular flexibility index (Phi) is 6.40. The second-order valence-corrected chi connectivity index (χ2v) is 7.56. The maximum Gasteiger partial charge on any atom is 0.415 e. The van der Waals surface area contributed by atoms with Gasteiger partial charge in [-0.1, -0.05) is 18.2 Å². The van der Waals surface area contributed by atoms with Gasteiger partial charge < -0.3 is 14.2 Å². The van der Waals surface area contributed by atoms with E-state index in [0.717, 1.165) is 0 Å². The fourth-order valence-corrected chi connectivity index (χ4v) is 3.88. The van der Waals surface area contributed by atoms with Crippen LogP contribution in [0.2, 0.25) is 0 Å². The van der Waals surface area contributed by atoms with Gasteiger partial charge in [0.2, 0.25) is 0 Å². The fraction of sp³-hybridized carbons (Fsp3) is 0.192. The molecule has 0 saturated carbocycles. The van der Waals surface area contributed by atoms with Crippen LogP contribution in [0.1, 0.15) is 19.4 Å². The SMILES string of the molecule is CCN(CC)C(=O)Oc1ccc2c(ccn2Cc2c(F)cccc2F)c1-c1ccc(F)cc1. The van der Waals surface area contributed by atoms with Gasteiger partial charge in [-0.3, -0.25) is 0 Å². The number of carbonyl (C=O) groups excluding carboxylic acids is 1. The lowest BCUT2D eigenvalue weighted by Gasteiger charge is -2.20. The number of benzene rings is 3. The number of nitrogens with zero attached hydrogens (tertiary/aromatic N) is 2. The number of fused-ring (bicyclic) bond motifs is 1. The Morgan fingerprint density at radius 2 is 1.58 bits per heavy atom. The van der Waals surface area contributed by atoms with Crippen molar-refractivity contribution in [2.45, 2.75) is 20.4 Å². The molecule has 1 aromatic heterocycles. The molecule has 0 spiro atoms. The van der Waals surface area contributed by atoms with Crippen LogP contribution in [0.5, 0.6) is 5.75 Å². The van der Waals surface area contributed by atoms with Gasteiger partial charge in [0.05, 0.1) is 6.54 Å². The minimum Gasteiger partial charge on any atom is -0.410 e. The van der Waals surface area contributed by atoms with Crippen LogP contribution < -0.4 is 4.74 Å². The Labute approximate surface area is 189 Å². The molecule has 0 N–H and O–H groups in total. The summed E-state index contributed by atoms with van der Waals surface area (Å²) < 4.78 is 49.5. The summed E-state index contributed by atoms with van der Waals surface area (Å²) in [4.78, 5) is 14.2. The predicted molar refractivity (Wildman–Crippen MR) is 122 cm³/mol. The molecule has 0 aliphatic heterocycles. The van der Waals surface area contributed by atoms with Gasteiger partial charge in [0, 0.05) is 41.3 Å². The van der Waals surface area contributed by atoms with Crippen LogP contribution in [0.3, 0.4) is 0 Å². The van der Waals surface area contributed by atoms with Crippen molar-refractivity contribution in [3.8, 4) is 16.9 Å². The lowest BCUT2D eigenvalue weighted by Crippen LogP contribution is -2.33. The van der Waals surface area contributed by atoms with Crippen molar-refractivity contribution in [1.82, 2.24) is 9.47 Å². The summed E-state index contributed by atoms with van der Waals surface area (Å²) in [6, 6.07) is 14.8. The molecule has 0 unspecified atom stereocenters. The smallest absolute Gasteiger partial charge is 0.410 e. The third-order valence-electron chi connectivity index (χ3n) is 5.66. The molecular formula is C26H23F3N2O2. The molecule has 170 valence electrons. The minimum atomic E-state index is -0.625. The highest BCUT2D eigenvalue weighted by Crippen LogP contribution is 2.38. The maximum absolute atomic E-state index is 14.2. The monoisotopic (exact) mass is 452 g/mol. The van der Waals surface area contributed by atoms with Gasteiger partial charge in [-0.15, -0.1) is 0 Å². The molecule has 0 fully saturated rings. The van der Waals surface area contributed by atoms with Gasteiger partial charge in [0.1, 0.15) is 23.2 Å². The molecule has 3 aromatic carbocycles. The highest BCUT2D eigenvalue weighted by molar-refractivity contribution is 5.99. The Hall–Kier alpha value is -3.74. The van der Waals surface area contributed by atoms with Gasteiger partial charge in [0.25, 0.3) is 0 Å². The zero-order valence-electron chi connectivity index (χ0n) is 18.3. The molecule has 4 nitrogen and oxygen atoms in total. The van der Waals surface area contributed by atoms with Crippen LogP contribution in [-0.4, -0.2) is 28.6 Å². The van der Waals surface area contributed by atoms with Crippen molar-refractivity contribution in [1.29, 1.82) is 0 Å². The topological polar surface area (TPSA) is 34.5 Å². The largest absolute Gasteiger partial charge is 0.415 e. The number of carbonyl (C=O) groups is 1. The second kappa shape index (κ2) is 9.40. The predicted octanol–water partition coefficient (Wildman–Crippen LogP) is 6.61. The van der Waals surface area contributed by atoms with Gasteiger partial charge in [-0.25, -0.2) is 18.0 Å². The van der Waals surface area contributed by atoms with Crippen LogP contribution in [0, 0.1) is 17.5 Å². The lowest BCUT2D eigenvalue weighted by atomic mass is 10.0. The Balaban J connectivity index is 1.83. The fourth-order valence-electron chi connectivity index (χ4n) is 3.88. The first-order valence-corrected chi connectivity index (χ1v) is 10.7. The van der Waals surface area contributed by atoms with Crippen molar-refractivity contribution in [2.75, 3.05) is 13.1 Å². The number of ether oxygens (including phenoxy) is 1. The number of amides is 1. The van der Waals surface area contributed by atoms with Crippen molar-refractivity contribution in [2.24, 2.45) is 0 Å². The minimum absolute atomic E-state index is 0.0105. The summed E-state index contributed by atoms with van der Waals surface area (Å²) in [6.07, 6.45) is 1.23. The molecule has 4 rings (SSSR count). The Morgan fingerprint density at radius 3 is 2.21 bits per heavy atom. The van der Waals surface area contributed by atoms with Crippen LogP contribution in [0.15, 0.2) is 66.9 Å². The molecule has 7 heteroatoms. The van der Waals surface area contributed by atoms with Crippen molar-refractivity contribution >= 4 is 17.0 Å². The van der Waals surface area contributed by atoms with E-state index < -0.39 is 17.7 Å². The number of hydrogen-bond acceptors (Lipinski definition) is 2. The second-order valence-electron chi connectivity index (χ2n) is 7.56. The number of halogens is 3. The number of rotatable bonds is 6. The normalized spacial score (nSPS) is 11.1. The Bertz CT molecular complexity index is 1270. The molecule has 0 aliphatic carbocycles. The molecule has 4 aromatic rings. The Morgan fingerprint density at radius 1 is 0.909 bits per heavy atom. The molecular weight excluding hydrogens is 429 g/mol. The highest BCUT2D eigenvalue weighted by atomic mass is 19.1. The first-order valence-electron chi connectivity index (χ1n) is 10.7. The van der Waals surface area contributed by atoms with E-state index in [1.54, 1.807) is 46.0 Å². The first-order chi connectivity index (χ1) is 15.9. The summed E-state index contributed by atoms with van der Waals surface area (Å²) >= 11 is 0. The third-order valence-corrected chi connectivity index (χ3v) is 5.66. The summed E-state index contributed by atoms with van der Waals surface area (Å²) in [6.45, 7) is 4.69. The maximum atomic E-state index is 14.2. The van der Waals surface area contributed by atoms with E-state index in [4.69, 9.17) is 4.74 Å². The van der Waals surface area contributed by atoms with Crippen LogP contribution in [-0.2, 0) is 6.54 Å². The van der Waals surface area contributed by atoms with Gasteiger partial charge >= 0.3 is 6.09 Å². The molecule has 0 aliphatic rings. The average molecular weight is 452 g/mol. The van der Waals surface area contributed by atoms with E-state index in [1.807, 2.05) is 13.8 Å². The van der Waals surface area contributed by atoms with Gasteiger partial charge in [-0.05, 0) is 61.9 Å². The van der Waals surface area contributed by atoms with E-state index in [-0.39, 0.29) is 17.9 Å². The van der Waals surface area contributed by atoms with Gasteiger partial charge in [-0.2, -0.15) is 0 Å².